The van der Waals surface area contributed by atoms with Crippen LogP contribution in [0.3, 0.4) is 0 Å². The van der Waals surface area contributed by atoms with E-state index >= 15 is 0 Å². The zero-order chi connectivity index (χ0) is 17.9. The van der Waals surface area contributed by atoms with Crippen molar-refractivity contribution in [2.75, 3.05) is 19.8 Å². The molecule has 0 radical (unpaired) electrons. The van der Waals surface area contributed by atoms with Gasteiger partial charge in [0.05, 0.1) is 13.2 Å². The van der Waals surface area contributed by atoms with Gasteiger partial charge in [-0.25, -0.2) is 0 Å². The zero-order valence-electron chi connectivity index (χ0n) is 14.8. The molecular weight excluding hydrogens is 324 g/mol. The van der Waals surface area contributed by atoms with E-state index in [9.17, 15) is 0 Å². The lowest BCUT2D eigenvalue weighted by molar-refractivity contribution is 0.102. The largest absolute Gasteiger partial charge is 0.491 e. The third kappa shape index (κ3) is 6.26. The molecule has 0 aliphatic heterocycles. The topological polar surface area (TPSA) is 27.7 Å². The molecule has 0 saturated carbocycles. The minimum absolute atomic E-state index is 0.541. The molecule has 0 N–H and O–H groups in total. The molecule has 0 aromatic heterocycles. The van der Waals surface area contributed by atoms with Crippen LogP contribution in [-0.4, -0.2) is 19.8 Å². The van der Waals surface area contributed by atoms with E-state index in [0.717, 1.165) is 23.5 Å². The van der Waals surface area contributed by atoms with E-state index in [2.05, 4.69) is 24.3 Å². The Morgan fingerprint density at radius 3 is 1.73 bits per heavy atom. The average molecular weight is 348 g/mol. The molecule has 134 valence electrons. The molecule has 3 aromatic carbocycles. The molecule has 3 nitrogen and oxygen atoms in total. The SMILES string of the molecule is c1ccc(CCOCCOc2ccc(OCc3ccccc3)cc2)cc1. The van der Waals surface area contributed by atoms with Crippen LogP contribution in [0.4, 0.5) is 0 Å². The highest BCUT2D eigenvalue weighted by Gasteiger charge is 1.98. The van der Waals surface area contributed by atoms with Crippen LogP contribution in [0.25, 0.3) is 0 Å². The Balaban J connectivity index is 1.30. The summed E-state index contributed by atoms with van der Waals surface area (Å²) in [4.78, 5) is 0. The fourth-order valence-electron chi connectivity index (χ4n) is 2.53. The number of hydrogen-bond donors (Lipinski definition) is 0. The first-order valence-corrected chi connectivity index (χ1v) is 8.91. The maximum Gasteiger partial charge on any atom is 0.120 e. The highest BCUT2D eigenvalue weighted by Crippen LogP contribution is 2.18. The van der Waals surface area contributed by atoms with E-state index < -0.39 is 0 Å². The Labute approximate surface area is 155 Å². The first kappa shape index (κ1) is 18.0. The van der Waals surface area contributed by atoms with Gasteiger partial charge < -0.3 is 14.2 Å². The smallest absolute Gasteiger partial charge is 0.120 e. The molecule has 0 unspecified atom stereocenters. The highest BCUT2D eigenvalue weighted by molar-refractivity contribution is 5.31. The molecule has 3 heteroatoms. The van der Waals surface area contributed by atoms with Crippen LogP contribution in [-0.2, 0) is 17.8 Å². The summed E-state index contributed by atoms with van der Waals surface area (Å²) in [7, 11) is 0. The summed E-state index contributed by atoms with van der Waals surface area (Å²) < 4.78 is 17.1. The van der Waals surface area contributed by atoms with Gasteiger partial charge in [-0.1, -0.05) is 60.7 Å². The summed E-state index contributed by atoms with van der Waals surface area (Å²) in [5, 5.41) is 0. The van der Waals surface area contributed by atoms with Crippen LogP contribution in [0.15, 0.2) is 84.9 Å². The summed E-state index contributed by atoms with van der Waals surface area (Å²) in [6.07, 6.45) is 0.925. The average Bonchev–Trinajstić information content (AvgIpc) is 2.71. The summed E-state index contributed by atoms with van der Waals surface area (Å²) >= 11 is 0. The van der Waals surface area contributed by atoms with Gasteiger partial charge in [-0.3, -0.25) is 0 Å². The van der Waals surface area contributed by atoms with E-state index in [1.807, 2.05) is 60.7 Å². The van der Waals surface area contributed by atoms with E-state index in [-0.39, 0.29) is 0 Å². The van der Waals surface area contributed by atoms with Crippen molar-refractivity contribution in [1.29, 1.82) is 0 Å². The molecule has 0 bridgehead atoms. The first-order chi connectivity index (χ1) is 12.9. The van der Waals surface area contributed by atoms with Crippen molar-refractivity contribution in [2.24, 2.45) is 0 Å². The predicted molar refractivity (Wildman–Crippen MR) is 104 cm³/mol. The molecule has 0 aliphatic rings. The molecule has 0 spiro atoms. The first-order valence-electron chi connectivity index (χ1n) is 8.91. The third-order valence-electron chi connectivity index (χ3n) is 3.95. The van der Waals surface area contributed by atoms with Crippen molar-refractivity contribution < 1.29 is 14.2 Å². The van der Waals surface area contributed by atoms with E-state index in [4.69, 9.17) is 14.2 Å². The monoisotopic (exact) mass is 348 g/mol. The van der Waals surface area contributed by atoms with Crippen molar-refractivity contribution >= 4 is 0 Å². The van der Waals surface area contributed by atoms with Gasteiger partial charge >= 0.3 is 0 Å². The van der Waals surface area contributed by atoms with E-state index in [1.54, 1.807) is 0 Å². The van der Waals surface area contributed by atoms with Crippen LogP contribution >= 0.6 is 0 Å². The molecule has 0 fully saturated rings. The molecule has 0 aliphatic carbocycles. The quantitative estimate of drug-likeness (QED) is 0.488. The Bertz CT molecular complexity index is 739. The van der Waals surface area contributed by atoms with Crippen LogP contribution in [0.2, 0.25) is 0 Å². The molecule has 0 saturated heterocycles. The van der Waals surface area contributed by atoms with Crippen molar-refractivity contribution in [3.8, 4) is 11.5 Å². The lowest BCUT2D eigenvalue weighted by atomic mass is 10.2. The predicted octanol–water partition coefficient (Wildman–Crippen LogP) is 4.90. The zero-order valence-corrected chi connectivity index (χ0v) is 14.8. The van der Waals surface area contributed by atoms with Crippen LogP contribution < -0.4 is 9.47 Å². The van der Waals surface area contributed by atoms with Crippen molar-refractivity contribution in [1.82, 2.24) is 0 Å². The van der Waals surface area contributed by atoms with Gasteiger partial charge in [0, 0.05) is 0 Å². The summed E-state index contributed by atoms with van der Waals surface area (Å²) in [6, 6.07) is 28.2. The van der Waals surface area contributed by atoms with Gasteiger partial charge in [0.25, 0.3) is 0 Å². The third-order valence-corrected chi connectivity index (χ3v) is 3.95. The minimum Gasteiger partial charge on any atom is -0.491 e. The van der Waals surface area contributed by atoms with Gasteiger partial charge in [0.1, 0.15) is 24.7 Å². The number of benzene rings is 3. The Morgan fingerprint density at radius 1 is 0.500 bits per heavy atom. The van der Waals surface area contributed by atoms with Crippen molar-refractivity contribution in [2.45, 2.75) is 13.0 Å². The van der Waals surface area contributed by atoms with Gasteiger partial charge in [0.15, 0.2) is 0 Å². The molecular formula is C23H24O3. The maximum atomic E-state index is 5.77. The molecule has 0 amide bonds. The summed E-state index contributed by atoms with van der Waals surface area (Å²) in [6.45, 7) is 2.40. The highest BCUT2D eigenvalue weighted by atomic mass is 16.5. The van der Waals surface area contributed by atoms with Crippen molar-refractivity contribution in [3.63, 3.8) is 0 Å². The van der Waals surface area contributed by atoms with Gasteiger partial charge in [-0.05, 0) is 41.8 Å². The van der Waals surface area contributed by atoms with Crippen molar-refractivity contribution in [3.05, 3.63) is 96.1 Å². The lowest BCUT2D eigenvalue weighted by Gasteiger charge is -2.09. The standard InChI is InChI=1S/C23H24O3/c1-3-7-20(8-4-1)15-16-24-17-18-25-22-11-13-23(14-12-22)26-19-21-9-5-2-6-10-21/h1-14H,15-19H2. The Morgan fingerprint density at radius 2 is 1.08 bits per heavy atom. The summed E-state index contributed by atoms with van der Waals surface area (Å²) in [5.41, 5.74) is 2.44. The minimum atomic E-state index is 0.541. The normalized spacial score (nSPS) is 10.5. The van der Waals surface area contributed by atoms with Gasteiger partial charge in [-0.15, -0.1) is 0 Å². The fraction of sp³-hybridized carbons (Fsp3) is 0.217. The Kier molecular flexibility index (Phi) is 7.12. The number of hydrogen-bond acceptors (Lipinski definition) is 3. The second-order valence-corrected chi connectivity index (χ2v) is 5.94. The number of rotatable bonds is 10. The second kappa shape index (κ2) is 10.3. The molecule has 26 heavy (non-hydrogen) atoms. The van der Waals surface area contributed by atoms with Gasteiger partial charge in [-0.2, -0.15) is 0 Å². The lowest BCUT2D eigenvalue weighted by Crippen LogP contribution is -2.08. The maximum absolute atomic E-state index is 5.77. The van der Waals surface area contributed by atoms with E-state index in [1.165, 1.54) is 5.56 Å². The molecule has 0 atom stereocenters. The van der Waals surface area contributed by atoms with Gasteiger partial charge in [0.2, 0.25) is 0 Å². The second-order valence-electron chi connectivity index (χ2n) is 5.94. The summed E-state index contributed by atoms with van der Waals surface area (Å²) in [5.74, 6) is 1.66. The molecule has 0 heterocycles. The number of ether oxygens (including phenoxy) is 3. The van der Waals surface area contributed by atoms with Crippen LogP contribution in [0.5, 0.6) is 11.5 Å². The fourth-order valence-corrected chi connectivity index (χ4v) is 2.53. The molecule has 3 aromatic rings. The van der Waals surface area contributed by atoms with E-state index in [0.29, 0.717) is 26.4 Å². The van der Waals surface area contributed by atoms with Crippen LogP contribution in [0, 0.1) is 0 Å². The Hall–Kier alpha value is -2.78. The molecule has 3 rings (SSSR count). The van der Waals surface area contributed by atoms with Crippen LogP contribution in [0.1, 0.15) is 11.1 Å².